The number of anilines is 1. The molecule has 0 radical (unpaired) electrons. The van der Waals surface area contributed by atoms with Gasteiger partial charge in [0.05, 0.1) is 10.9 Å². The van der Waals surface area contributed by atoms with E-state index in [-0.39, 0.29) is 22.5 Å². The molecular formula is C32H39F2N5O. The van der Waals surface area contributed by atoms with Crippen LogP contribution >= 0.6 is 0 Å². The summed E-state index contributed by atoms with van der Waals surface area (Å²) >= 11 is 0. The van der Waals surface area contributed by atoms with Crippen LogP contribution in [-0.4, -0.2) is 64.3 Å². The fourth-order valence-corrected chi connectivity index (χ4v) is 7.89. The summed E-state index contributed by atoms with van der Waals surface area (Å²) in [6, 6.07) is 8.05. The van der Waals surface area contributed by atoms with E-state index in [0.29, 0.717) is 48.3 Å². The van der Waals surface area contributed by atoms with Gasteiger partial charge in [0.25, 0.3) is 0 Å². The highest BCUT2D eigenvalue weighted by atomic mass is 19.1. The van der Waals surface area contributed by atoms with E-state index in [1.165, 1.54) is 19.3 Å². The second-order valence-electron chi connectivity index (χ2n) is 13.6. The van der Waals surface area contributed by atoms with Crippen LogP contribution in [-0.2, 0) is 5.41 Å². The van der Waals surface area contributed by atoms with Crippen molar-refractivity contribution in [1.82, 2.24) is 19.9 Å². The standard InChI is InChI=1S/C32H39F2N5O/c1-31(2,3)25-8-5-4-7-23(25)27-26(34)28-24(15-35-27)29(38-16-20-9-10-21(13-20)17-38)37-30(36-28)40-19-32-11-6-12-39(32)18-22(33)14-32/h4-5,7-8,15,20-22H,6,9-14,16-19H2,1-3H3/t20?,21?,22-,32+/m1/s1. The Morgan fingerprint density at radius 1 is 1.07 bits per heavy atom. The van der Waals surface area contributed by atoms with Crippen LogP contribution in [0.4, 0.5) is 14.6 Å². The van der Waals surface area contributed by atoms with Gasteiger partial charge in [-0.15, -0.1) is 0 Å². The van der Waals surface area contributed by atoms with Crippen molar-refractivity contribution in [3.8, 4) is 17.3 Å². The number of rotatable bonds is 5. The van der Waals surface area contributed by atoms with Crippen LogP contribution in [0.3, 0.4) is 0 Å². The van der Waals surface area contributed by atoms with Crippen molar-refractivity contribution in [2.75, 3.05) is 37.7 Å². The highest BCUT2D eigenvalue weighted by molar-refractivity contribution is 5.92. The monoisotopic (exact) mass is 547 g/mol. The van der Waals surface area contributed by atoms with Crippen LogP contribution in [0.2, 0.25) is 0 Å². The number of pyridine rings is 1. The van der Waals surface area contributed by atoms with Crippen LogP contribution in [0.5, 0.6) is 6.01 Å². The average molecular weight is 548 g/mol. The molecule has 3 aliphatic heterocycles. The lowest BCUT2D eigenvalue weighted by Gasteiger charge is -2.34. The minimum absolute atomic E-state index is 0.170. The number of hydrogen-bond acceptors (Lipinski definition) is 6. The Hall–Kier alpha value is -2.87. The molecule has 3 saturated heterocycles. The molecule has 8 heteroatoms. The smallest absolute Gasteiger partial charge is 0.319 e. The van der Waals surface area contributed by atoms with Gasteiger partial charge >= 0.3 is 6.01 Å². The molecule has 0 amide bonds. The molecule has 40 heavy (non-hydrogen) atoms. The second kappa shape index (κ2) is 9.61. The van der Waals surface area contributed by atoms with Crippen molar-refractivity contribution in [3.05, 3.63) is 41.8 Å². The predicted molar refractivity (Wildman–Crippen MR) is 153 cm³/mol. The number of aromatic nitrogens is 3. The Morgan fingerprint density at radius 3 is 2.62 bits per heavy atom. The zero-order valence-corrected chi connectivity index (χ0v) is 23.8. The summed E-state index contributed by atoms with van der Waals surface area (Å²) in [5, 5.41) is 0.619. The highest BCUT2D eigenvalue weighted by Gasteiger charge is 2.49. The third-order valence-corrected chi connectivity index (χ3v) is 9.77. The molecule has 212 valence electrons. The SMILES string of the molecule is CC(C)(C)c1ccccc1-c1ncc2c(N3CC4CCC(C4)C3)nc(OC[C@@]34CCCN3C[C@H](F)C4)nc2c1F. The van der Waals surface area contributed by atoms with Gasteiger partial charge in [-0.2, -0.15) is 9.97 Å². The van der Waals surface area contributed by atoms with Crippen molar-refractivity contribution >= 4 is 16.7 Å². The van der Waals surface area contributed by atoms with Crippen molar-refractivity contribution in [2.24, 2.45) is 11.8 Å². The lowest BCUT2D eigenvalue weighted by Crippen LogP contribution is -2.43. The van der Waals surface area contributed by atoms with Gasteiger partial charge < -0.3 is 9.64 Å². The molecule has 6 nitrogen and oxygen atoms in total. The number of nitrogens with zero attached hydrogens (tertiary/aromatic N) is 5. The van der Waals surface area contributed by atoms with Gasteiger partial charge in [-0.25, -0.2) is 8.78 Å². The quantitative estimate of drug-likeness (QED) is 0.373. The lowest BCUT2D eigenvalue weighted by molar-refractivity contribution is 0.107. The van der Waals surface area contributed by atoms with Gasteiger partial charge in [-0.3, -0.25) is 9.88 Å². The average Bonchev–Trinajstić information content (AvgIpc) is 3.57. The molecule has 2 unspecified atom stereocenters. The summed E-state index contributed by atoms with van der Waals surface area (Å²) < 4.78 is 37.2. The topological polar surface area (TPSA) is 54.4 Å². The van der Waals surface area contributed by atoms with Gasteiger partial charge in [-0.1, -0.05) is 45.0 Å². The lowest BCUT2D eigenvalue weighted by atomic mass is 9.83. The molecule has 7 rings (SSSR count). The van der Waals surface area contributed by atoms with E-state index in [2.05, 4.69) is 40.5 Å². The van der Waals surface area contributed by atoms with Crippen molar-refractivity contribution in [2.45, 2.75) is 76.4 Å². The zero-order valence-electron chi connectivity index (χ0n) is 23.8. The van der Waals surface area contributed by atoms with Crippen molar-refractivity contribution in [1.29, 1.82) is 0 Å². The van der Waals surface area contributed by atoms with Gasteiger partial charge in [0.1, 0.15) is 29.8 Å². The molecule has 4 aliphatic rings. The molecule has 4 atom stereocenters. The Morgan fingerprint density at radius 2 is 1.85 bits per heavy atom. The first-order valence-electron chi connectivity index (χ1n) is 14.9. The molecule has 1 aromatic carbocycles. The number of ether oxygens (including phenoxy) is 1. The fraction of sp³-hybridized carbons (Fsp3) is 0.594. The van der Waals surface area contributed by atoms with Crippen molar-refractivity contribution in [3.63, 3.8) is 0 Å². The summed E-state index contributed by atoms with van der Waals surface area (Å²) in [6.45, 7) is 9.84. The summed E-state index contributed by atoms with van der Waals surface area (Å²) in [5.41, 5.74) is 1.83. The van der Waals surface area contributed by atoms with E-state index in [9.17, 15) is 4.39 Å². The van der Waals surface area contributed by atoms with E-state index in [1.54, 1.807) is 6.20 Å². The first kappa shape index (κ1) is 26.1. The van der Waals surface area contributed by atoms with E-state index >= 15 is 4.39 Å². The molecular weight excluding hydrogens is 508 g/mol. The summed E-state index contributed by atoms with van der Waals surface area (Å²) in [4.78, 5) is 18.7. The Balaban J connectivity index is 1.32. The van der Waals surface area contributed by atoms with Gasteiger partial charge in [0, 0.05) is 37.8 Å². The van der Waals surface area contributed by atoms with Gasteiger partial charge in [0.15, 0.2) is 5.82 Å². The molecule has 3 aromatic rings. The number of benzene rings is 1. The molecule has 1 aliphatic carbocycles. The van der Waals surface area contributed by atoms with Gasteiger partial charge in [-0.05, 0) is 61.5 Å². The number of hydrogen-bond donors (Lipinski definition) is 0. The maximum absolute atomic E-state index is 16.5. The Kier molecular flexibility index (Phi) is 6.26. The second-order valence-corrected chi connectivity index (χ2v) is 13.6. The van der Waals surface area contributed by atoms with E-state index in [1.807, 2.05) is 24.3 Å². The molecule has 0 spiro atoms. The number of halogens is 2. The first-order chi connectivity index (χ1) is 19.2. The number of alkyl halides is 1. The zero-order chi connectivity index (χ0) is 27.6. The van der Waals surface area contributed by atoms with E-state index in [0.717, 1.165) is 43.6 Å². The Bertz CT molecular complexity index is 1430. The largest absolute Gasteiger partial charge is 0.461 e. The van der Waals surface area contributed by atoms with Crippen LogP contribution in [0.1, 0.15) is 64.9 Å². The molecule has 2 aromatic heterocycles. The van der Waals surface area contributed by atoms with Crippen LogP contribution in [0.15, 0.2) is 30.5 Å². The summed E-state index contributed by atoms with van der Waals surface area (Å²) in [5.74, 6) is 1.52. The minimum Gasteiger partial charge on any atom is -0.461 e. The fourth-order valence-electron chi connectivity index (χ4n) is 7.89. The van der Waals surface area contributed by atoms with Crippen LogP contribution in [0.25, 0.3) is 22.2 Å². The normalized spacial score (nSPS) is 28.4. The molecule has 5 heterocycles. The van der Waals surface area contributed by atoms with E-state index in [4.69, 9.17) is 9.72 Å². The van der Waals surface area contributed by atoms with Crippen molar-refractivity contribution < 1.29 is 13.5 Å². The molecule has 1 saturated carbocycles. The molecule has 2 bridgehead atoms. The minimum atomic E-state index is -0.838. The molecule has 4 fully saturated rings. The number of piperidine rings is 1. The summed E-state index contributed by atoms with van der Waals surface area (Å²) in [6.07, 6.45) is 7.02. The third-order valence-electron chi connectivity index (χ3n) is 9.77. The van der Waals surface area contributed by atoms with Crippen LogP contribution < -0.4 is 9.64 Å². The maximum Gasteiger partial charge on any atom is 0.319 e. The predicted octanol–water partition coefficient (Wildman–Crippen LogP) is 6.32. The van der Waals surface area contributed by atoms with E-state index < -0.39 is 12.0 Å². The Labute approximate surface area is 235 Å². The van der Waals surface area contributed by atoms with Crippen LogP contribution in [0, 0.1) is 17.7 Å². The highest BCUT2D eigenvalue weighted by Crippen LogP contribution is 2.43. The van der Waals surface area contributed by atoms with Gasteiger partial charge in [0.2, 0.25) is 0 Å². The summed E-state index contributed by atoms with van der Waals surface area (Å²) in [7, 11) is 0. The third kappa shape index (κ3) is 4.43. The molecule has 0 N–H and O–H groups in total. The number of fused-ring (bicyclic) bond motifs is 4. The first-order valence-corrected chi connectivity index (χ1v) is 14.9. The maximum atomic E-state index is 16.5.